The summed E-state index contributed by atoms with van der Waals surface area (Å²) < 4.78 is 11.4. The summed E-state index contributed by atoms with van der Waals surface area (Å²) in [4.78, 5) is 0. The zero-order valence-electron chi connectivity index (χ0n) is 13.6. The van der Waals surface area contributed by atoms with Crippen molar-refractivity contribution in [2.45, 2.75) is 25.8 Å². The van der Waals surface area contributed by atoms with Gasteiger partial charge in [0.1, 0.15) is 11.5 Å². The Kier molecular flexibility index (Phi) is 5.16. The van der Waals surface area contributed by atoms with Crippen molar-refractivity contribution in [2.75, 3.05) is 26.4 Å². The van der Waals surface area contributed by atoms with Gasteiger partial charge in [-0.1, -0.05) is 30.3 Å². The third-order valence-corrected chi connectivity index (χ3v) is 4.78. The maximum Gasteiger partial charge on any atom is 0.134 e. The van der Waals surface area contributed by atoms with E-state index in [0.29, 0.717) is 0 Å². The van der Waals surface area contributed by atoms with Crippen molar-refractivity contribution in [1.29, 1.82) is 0 Å². The smallest absolute Gasteiger partial charge is 0.134 e. The highest BCUT2D eigenvalue weighted by Gasteiger charge is 2.32. The van der Waals surface area contributed by atoms with Crippen molar-refractivity contribution in [3.05, 3.63) is 48.2 Å². The number of hydrogen-bond donors (Lipinski definition) is 2. The maximum absolute atomic E-state index is 9.76. The van der Waals surface area contributed by atoms with Crippen molar-refractivity contribution < 1.29 is 14.3 Å². The number of rotatable bonds is 6. The number of nitrogens with one attached hydrogen (secondary N) is 1. The van der Waals surface area contributed by atoms with Gasteiger partial charge in [-0.2, -0.15) is 0 Å². The molecular weight excluding hydrogens is 290 g/mol. The molecule has 4 nitrogen and oxygen atoms in total. The predicted octanol–water partition coefficient (Wildman–Crippen LogP) is 3.39. The van der Waals surface area contributed by atoms with E-state index < -0.39 is 0 Å². The molecule has 1 aromatic carbocycles. The zero-order chi connectivity index (χ0) is 16.1. The summed E-state index contributed by atoms with van der Waals surface area (Å²) >= 11 is 0. The second-order valence-electron chi connectivity index (χ2n) is 6.44. The van der Waals surface area contributed by atoms with Crippen LogP contribution in [0.3, 0.4) is 0 Å². The van der Waals surface area contributed by atoms with Gasteiger partial charge in [0.2, 0.25) is 0 Å². The molecule has 2 aromatic rings. The van der Waals surface area contributed by atoms with Gasteiger partial charge in [0.15, 0.2) is 0 Å². The topological polar surface area (TPSA) is 54.6 Å². The molecular formula is C19H25NO3. The Hall–Kier alpha value is -1.62. The monoisotopic (exact) mass is 315 g/mol. The van der Waals surface area contributed by atoms with E-state index in [1.165, 1.54) is 0 Å². The molecule has 2 N–H and O–H groups in total. The van der Waals surface area contributed by atoms with Gasteiger partial charge >= 0.3 is 0 Å². The number of aliphatic hydroxyl groups is 1. The molecule has 1 saturated heterocycles. The SMILES string of the molecule is CC(NCC1(CO)CCOCC1)c1ccc(-c2ccccc2)o1. The van der Waals surface area contributed by atoms with Crippen LogP contribution >= 0.6 is 0 Å². The largest absolute Gasteiger partial charge is 0.459 e. The summed E-state index contributed by atoms with van der Waals surface area (Å²) in [5.74, 6) is 1.81. The normalized spacial score (nSPS) is 18.7. The number of furan rings is 1. The maximum atomic E-state index is 9.76. The molecule has 1 unspecified atom stereocenters. The van der Waals surface area contributed by atoms with Gasteiger partial charge in [-0.05, 0) is 31.9 Å². The first-order valence-corrected chi connectivity index (χ1v) is 8.30. The van der Waals surface area contributed by atoms with E-state index in [0.717, 1.165) is 49.7 Å². The van der Waals surface area contributed by atoms with Gasteiger partial charge in [-0.15, -0.1) is 0 Å². The zero-order valence-corrected chi connectivity index (χ0v) is 13.6. The summed E-state index contributed by atoms with van der Waals surface area (Å²) in [6.07, 6.45) is 1.80. The first-order chi connectivity index (χ1) is 11.2. The van der Waals surface area contributed by atoms with Gasteiger partial charge in [0, 0.05) is 30.7 Å². The Bertz CT molecular complexity index is 602. The molecule has 0 radical (unpaired) electrons. The number of benzene rings is 1. The second kappa shape index (κ2) is 7.30. The van der Waals surface area contributed by atoms with Crippen LogP contribution in [0.15, 0.2) is 46.9 Å². The second-order valence-corrected chi connectivity index (χ2v) is 6.44. The standard InChI is InChI=1S/C19H25NO3/c1-15(20-13-19(14-21)9-11-22-12-10-19)17-7-8-18(23-17)16-5-3-2-4-6-16/h2-8,15,20-21H,9-14H2,1H3. The highest BCUT2D eigenvalue weighted by molar-refractivity contribution is 5.57. The van der Waals surface area contributed by atoms with Crippen molar-refractivity contribution in [2.24, 2.45) is 5.41 Å². The fourth-order valence-corrected chi connectivity index (χ4v) is 3.01. The lowest BCUT2D eigenvalue weighted by Crippen LogP contribution is -2.42. The Morgan fingerprint density at radius 2 is 1.87 bits per heavy atom. The van der Waals surface area contributed by atoms with Gasteiger partial charge in [-0.3, -0.25) is 0 Å². The molecule has 0 aliphatic carbocycles. The molecule has 1 aliphatic heterocycles. The first-order valence-electron chi connectivity index (χ1n) is 8.30. The Labute approximate surface area is 137 Å². The van der Waals surface area contributed by atoms with Crippen LogP contribution in [0, 0.1) is 5.41 Å². The molecule has 0 spiro atoms. The van der Waals surface area contributed by atoms with Gasteiger partial charge in [-0.25, -0.2) is 0 Å². The molecule has 0 amide bonds. The highest BCUT2D eigenvalue weighted by Crippen LogP contribution is 2.31. The lowest BCUT2D eigenvalue weighted by atomic mass is 9.81. The molecule has 1 fully saturated rings. The van der Waals surface area contributed by atoms with Crippen LogP contribution in [0.25, 0.3) is 11.3 Å². The third kappa shape index (κ3) is 3.83. The minimum Gasteiger partial charge on any atom is -0.459 e. The average molecular weight is 315 g/mol. The first kappa shape index (κ1) is 16.2. The van der Waals surface area contributed by atoms with Crippen LogP contribution in [-0.4, -0.2) is 31.5 Å². The lowest BCUT2D eigenvalue weighted by molar-refractivity contribution is -0.0165. The fourth-order valence-electron chi connectivity index (χ4n) is 3.01. The third-order valence-electron chi connectivity index (χ3n) is 4.78. The Balaban J connectivity index is 1.62. The minimum absolute atomic E-state index is 0.0681. The summed E-state index contributed by atoms with van der Waals surface area (Å²) in [5.41, 5.74) is 1.02. The van der Waals surface area contributed by atoms with Gasteiger partial charge < -0.3 is 19.6 Å². The van der Waals surface area contributed by atoms with Crippen LogP contribution in [0.1, 0.15) is 31.6 Å². The van der Waals surface area contributed by atoms with Crippen LogP contribution in [-0.2, 0) is 4.74 Å². The minimum atomic E-state index is -0.0681. The molecule has 4 heteroatoms. The molecule has 3 rings (SSSR count). The Morgan fingerprint density at radius 1 is 1.13 bits per heavy atom. The molecule has 1 aliphatic rings. The van der Waals surface area contributed by atoms with E-state index in [1.54, 1.807) is 0 Å². The van der Waals surface area contributed by atoms with Crippen molar-refractivity contribution in [3.8, 4) is 11.3 Å². The van der Waals surface area contributed by atoms with Crippen LogP contribution in [0.4, 0.5) is 0 Å². The van der Waals surface area contributed by atoms with Crippen LogP contribution < -0.4 is 5.32 Å². The number of aliphatic hydroxyl groups excluding tert-OH is 1. The van der Waals surface area contributed by atoms with Crippen LogP contribution in [0.5, 0.6) is 0 Å². The van der Waals surface area contributed by atoms with E-state index >= 15 is 0 Å². The summed E-state index contributed by atoms with van der Waals surface area (Å²) in [7, 11) is 0. The van der Waals surface area contributed by atoms with E-state index in [-0.39, 0.29) is 18.1 Å². The summed E-state index contributed by atoms with van der Waals surface area (Å²) in [6, 6.07) is 14.3. The van der Waals surface area contributed by atoms with E-state index in [1.807, 2.05) is 42.5 Å². The fraction of sp³-hybridized carbons (Fsp3) is 0.474. The molecule has 23 heavy (non-hydrogen) atoms. The number of hydrogen-bond acceptors (Lipinski definition) is 4. The Morgan fingerprint density at radius 3 is 2.57 bits per heavy atom. The summed E-state index contributed by atoms with van der Waals surface area (Å²) in [6.45, 7) is 4.53. The van der Waals surface area contributed by atoms with Crippen molar-refractivity contribution in [1.82, 2.24) is 5.32 Å². The van der Waals surface area contributed by atoms with Crippen molar-refractivity contribution in [3.63, 3.8) is 0 Å². The summed E-state index contributed by atoms with van der Waals surface area (Å²) in [5, 5.41) is 13.3. The van der Waals surface area contributed by atoms with Gasteiger partial charge in [0.05, 0.1) is 12.6 Å². The van der Waals surface area contributed by atoms with Crippen LogP contribution in [0.2, 0.25) is 0 Å². The van der Waals surface area contributed by atoms with E-state index in [4.69, 9.17) is 9.15 Å². The molecule has 1 aromatic heterocycles. The predicted molar refractivity (Wildman–Crippen MR) is 90.1 cm³/mol. The molecule has 0 bridgehead atoms. The van der Waals surface area contributed by atoms with Crippen molar-refractivity contribution >= 4 is 0 Å². The molecule has 2 heterocycles. The van der Waals surface area contributed by atoms with E-state index in [2.05, 4.69) is 12.2 Å². The average Bonchev–Trinajstić information content (AvgIpc) is 3.11. The molecule has 0 saturated carbocycles. The quantitative estimate of drug-likeness (QED) is 0.858. The lowest BCUT2D eigenvalue weighted by Gasteiger charge is -2.36. The number of ether oxygens (including phenoxy) is 1. The van der Waals surface area contributed by atoms with E-state index in [9.17, 15) is 5.11 Å². The highest BCUT2D eigenvalue weighted by atomic mass is 16.5. The molecule has 1 atom stereocenters. The molecule has 124 valence electrons. The van der Waals surface area contributed by atoms with Gasteiger partial charge in [0.25, 0.3) is 0 Å².